The van der Waals surface area contributed by atoms with Crippen LogP contribution in [0.3, 0.4) is 0 Å². The maximum Gasteiger partial charge on any atom is 0.258 e. The largest absolute Gasteiger partial charge is 0.493 e. The first-order valence-corrected chi connectivity index (χ1v) is 29.4. The molecule has 4 atom stereocenters. The highest BCUT2D eigenvalue weighted by atomic mass is 35.5. The van der Waals surface area contributed by atoms with Gasteiger partial charge in [0.05, 0.1) is 86.8 Å². The summed E-state index contributed by atoms with van der Waals surface area (Å²) >= 11 is 13.0. The van der Waals surface area contributed by atoms with Crippen LogP contribution in [0.25, 0.3) is 11.3 Å². The molecule has 2 amide bonds. The van der Waals surface area contributed by atoms with E-state index in [2.05, 4.69) is 88.7 Å². The normalized spacial score (nSPS) is 19.7. The minimum Gasteiger partial charge on any atom is -0.493 e. The molecule has 3 aliphatic rings. The lowest BCUT2D eigenvalue weighted by Gasteiger charge is -2.51. The molecule has 0 aliphatic carbocycles. The smallest absolute Gasteiger partial charge is 0.258 e. The number of ether oxygens (including phenoxy) is 4. The van der Waals surface area contributed by atoms with Crippen LogP contribution < -0.4 is 15.2 Å². The Kier molecular flexibility index (Phi) is 19.2. The van der Waals surface area contributed by atoms with Gasteiger partial charge in [0.2, 0.25) is 5.91 Å². The summed E-state index contributed by atoms with van der Waals surface area (Å²) in [4.78, 5) is 51.3. The third kappa shape index (κ3) is 13.1. The maximum atomic E-state index is 14.5. The average Bonchev–Trinajstić information content (AvgIpc) is 1.71. The standard InChI is InChI=1S/C63H75Cl2FN12O7/c1-10-84-53-35-43(61(3,4)5)15-21-48(53)57-71-62(6,41-11-16-44(64)17-12-41)63(7,42-13-18-45(65)19-14-42)78(57)60(81)76-27-25-75(26-28-76)30-32-83-34-33-82-31-23-54(79)73(8)24-29-77-52-39-74(9)59(80)47-22-20-46(66)36-49(47)40(2)85-58-56(68)69-38-51(70-58)55(52)50(37-67)72-77/h11-22,35-36,38,40,60,81H,10,23-34,39H2,1-9H3,(H2,68,69)/t40-,60?,62-,63+/m1/s1. The first-order chi connectivity index (χ1) is 40.6. The third-order valence-corrected chi connectivity index (χ3v) is 17.0. The summed E-state index contributed by atoms with van der Waals surface area (Å²) in [6.07, 6.45) is -0.405. The predicted octanol–water partition coefficient (Wildman–Crippen LogP) is 9.03. The number of aliphatic imine (C=N–C) groups is 1. The molecule has 1 fully saturated rings. The number of nitrogen functional groups attached to an aromatic ring is 1. The fraction of sp³-hybridized carbons (Fsp3) is 0.444. The molecule has 2 aromatic heterocycles. The SMILES string of the molecule is CCOc1cc(C(C)(C)C)ccc1C1=N[C@](C)(c2ccc(Cl)cc2)[C@](C)(c2ccc(Cl)cc2)N1C(O)N1CCN(CCOCCOCCC(=O)N(C)CCn2nc(C#N)c3c2CN(C)C(=O)c2ccc(F)cc2[C@@H](C)Oc2nc-3cnc2N)CC1. The van der Waals surface area contributed by atoms with E-state index in [0.717, 1.165) is 22.3 Å². The number of nitrogens with two attached hydrogens (primary N) is 1. The molecule has 4 aromatic carbocycles. The molecule has 3 aliphatic heterocycles. The van der Waals surface area contributed by atoms with E-state index in [9.17, 15) is 24.3 Å². The molecular weight excluding hydrogens is 1130 g/mol. The highest BCUT2D eigenvalue weighted by molar-refractivity contribution is 6.30. The van der Waals surface area contributed by atoms with Gasteiger partial charge in [0.25, 0.3) is 11.8 Å². The van der Waals surface area contributed by atoms with Gasteiger partial charge in [0.15, 0.2) is 17.9 Å². The highest BCUT2D eigenvalue weighted by Gasteiger charge is 2.60. The summed E-state index contributed by atoms with van der Waals surface area (Å²) in [7, 11) is 3.27. The molecule has 1 saturated heterocycles. The Morgan fingerprint density at radius 1 is 0.941 bits per heavy atom. The predicted molar refractivity (Wildman–Crippen MR) is 324 cm³/mol. The minimum atomic E-state index is -1.10. The van der Waals surface area contributed by atoms with E-state index < -0.39 is 35.3 Å². The van der Waals surface area contributed by atoms with E-state index in [0.29, 0.717) is 97.6 Å². The molecule has 5 heterocycles. The van der Waals surface area contributed by atoms with Crippen LogP contribution in [0.5, 0.6) is 11.6 Å². The first-order valence-electron chi connectivity index (χ1n) is 28.6. The summed E-state index contributed by atoms with van der Waals surface area (Å²) in [6, 6.07) is 27.8. The minimum absolute atomic E-state index is 0.00984. The van der Waals surface area contributed by atoms with Crippen LogP contribution in [-0.4, -0.2) is 160 Å². The number of aliphatic hydroxyl groups excluding tert-OH is 1. The van der Waals surface area contributed by atoms with Crippen LogP contribution >= 0.6 is 23.2 Å². The van der Waals surface area contributed by atoms with Gasteiger partial charge in [-0.3, -0.25) is 29.1 Å². The van der Waals surface area contributed by atoms with Crippen LogP contribution in [0.4, 0.5) is 10.2 Å². The lowest BCUT2D eigenvalue weighted by molar-refractivity contribution is -0.136. The summed E-state index contributed by atoms with van der Waals surface area (Å²) in [5, 5.41) is 29.0. The summed E-state index contributed by atoms with van der Waals surface area (Å²) in [5.41, 5.74) is 9.49. The number of benzene rings is 4. The number of fused-ring (bicyclic) bond motifs is 5. The molecule has 2 bridgehead atoms. The van der Waals surface area contributed by atoms with Gasteiger partial charge in [0.1, 0.15) is 35.1 Å². The molecule has 1 unspecified atom stereocenters. The topological polar surface area (TPSA) is 213 Å². The third-order valence-electron chi connectivity index (χ3n) is 16.5. The van der Waals surface area contributed by atoms with Gasteiger partial charge in [0, 0.05) is 74.5 Å². The molecule has 0 radical (unpaired) electrons. The number of piperazine rings is 1. The Balaban J connectivity index is 0.786. The van der Waals surface area contributed by atoms with Gasteiger partial charge in [-0.2, -0.15) is 10.4 Å². The molecule has 6 aromatic rings. The lowest BCUT2D eigenvalue weighted by atomic mass is 9.71. The molecule has 0 spiro atoms. The van der Waals surface area contributed by atoms with Crippen molar-refractivity contribution in [1.29, 1.82) is 5.26 Å². The molecule has 0 saturated carbocycles. The van der Waals surface area contributed by atoms with Crippen molar-refractivity contribution in [1.82, 2.24) is 44.2 Å². The summed E-state index contributed by atoms with van der Waals surface area (Å²) in [5.74, 6) is 0.0985. The van der Waals surface area contributed by atoms with Crippen LogP contribution in [0.1, 0.15) is 111 Å². The zero-order valence-electron chi connectivity index (χ0n) is 49.7. The molecule has 19 nitrogen and oxygen atoms in total. The van der Waals surface area contributed by atoms with Gasteiger partial charge < -0.3 is 44.5 Å². The van der Waals surface area contributed by atoms with Crippen molar-refractivity contribution < 1.29 is 38.0 Å². The van der Waals surface area contributed by atoms with E-state index in [1.807, 2.05) is 55.5 Å². The Hall–Kier alpha value is -7.22. The van der Waals surface area contributed by atoms with Gasteiger partial charge in [-0.15, -0.1) is 0 Å². The maximum absolute atomic E-state index is 14.5. The molecular formula is C63H75Cl2FN12O7. The lowest BCUT2D eigenvalue weighted by Crippen LogP contribution is -2.63. The number of nitrogens with zero attached hydrogens (tertiary/aromatic N) is 11. The van der Waals surface area contributed by atoms with Gasteiger partial charge in [-0.1, -0.05) is 74.3 Å². The van der Waals surface area contributed by atoms with Gasteiger partial charge in [-0.25, -0.2) is 14.4 Å². The van der Waals surface area contributed by atoms with E-state index >= 15 is 0 Å². The monoisotopic (exact) mass is 1200 g/mol. The quantitative estimate of drug-likeness (QED) is 0.0724. The zero-order valence-corrected chi connectivity index (χ0v) is 51.3. The number of hydrogen-bond acceptors (Lipinski definition) is 16. The summed E-state index contributed by atoms with van der Waals surface area (Å²) in [6.45, 7) is 19.7. The molecule has 3 N–H and O–H groups in total. The second kappa shape index (κ2) is 26.2. The number of hydrogen-bond donors (Lipinski definition) is 2. The number of aliphatic hydroxyl groups is 1. The Labute approximate surface area is 506 Å². The van der Waals surface area contributed by atoms with Crippen LogP contribution in [-0.2, 0) is 43.9 Å². The molecule has 9 rings (SSSR count). The molecule has 22 heteroatoms. The number of anilines is 1. The number of amidine groups is 1. The van der Waals surface area contributed by atoms with Crippen molar-refractivity contribution in [3.8, 4) is 29.0 Å². The van der Waals surface area contributed by atoms with Crippen molar-refractivity contribution >= 4 is 46.7 Å². The number of carbonyl (C=O) groups excluding carboxylic acids is 2. The average molecular weight is 1200 g/mol. The van der Waals surface area contributed by atoms with Crippen molar-refractivity contribution in [2.45, 2.75) is 96.9 Å². The highest BCUT2D eigenvalue weighted by Crippen LogP contribution is 2.55. The second-order valence-corrected chi connectivity index (χ2v) is 23.8. The Bertz CT molecular complexity index is 3460. The molecule has 450 valence electrons. The van der Waals surface area contributed by atoms with Gasteiger partial charge >= 0.3 is 0 Å². The van der Waals surface area contributed by atoms with E-state index in [1.54, 1.807) is 30.6 Å². The fourth-order valence-corrected chi connectivity index (χ4v) is 11.6. The van der Waals surface area contributed by atoms with Crippen LogP contribution in [0.15, 0.2) is 96.1 Å². The van der Waals surface area contributed by atoms with Crippen molar-refractivity contribution in [3.05, 3.63) is 152 Å². The van der Waals surface area contributed by atoms with Crippen LogP contribution in [0.2, 0.25) is 10.0 Å². The zero-order chi connectivity index (χ0) is 61.0. The van der Waals surface area contributed by atoms with Crippen LogP contribution in [0, 0.1) is 17.1 Å². The number of likely N-dealkylation sites (N-methyl/N-ethyl adjacent to an activating group) is 1. The number of nitriles is 1. The fourth-order valence-electron chi connectivity index (χ4n) is 11.3. The summed E-state index contributed by atoms with van der Waals surface area (Å²) < 4.78 is 40.4. The number of amides is 2. The number of rotatable bonds is 19. The first kappa shape index (κ1) is 62.3. The van der Waals surface area contributed by atoms with Crippen molar-refractivity contribution in [2.24, 2.45) is 4.99 Å². The number of halogens is 3. The van der Waals surface area contributed by atoms with E-state index in [4.69, 9.17) is 52.9 Å². The van der Waals surface area contributed by atoms with E-state index in [-0.39, 0.29) is 72.6 Å². The Morgan fingerprint density at radius 3 is 2.26 bits per heavy atom. The number of aromatic nitrogens is 4. The number of carbonyl (C=O) groups is 2. The van der Waals surface area contributed by atoms with Gasteiger partial charge in [-0.05, 0) is 104 Å². The second-order valence-electron chi connectivity index (χ2n) is 23.0. The van der Waals surface area contributed by atoms with Crippen molar-refractivity contribution in [2.75, 3.05) is 92.1 Å². The van der Waals surface area contributed by atoms with Crippen molar-refractivity contribution in [3.63, 3.8) is 0 Å². The van der Waals surface area contributed by atoms with E-state index in [1.165, 1.54) is 29.3 Å². The molecule has 85 heavy (non-hydrogen) atoms. The Morgan fingerprint density at radius 2 is 1.60 bits per heavy atom.